The standard InChI is InChI=1S/C12H10N2/c13-7-1-3-10-5-6-12-11(9-10)4-2-8-14-12/h2,4-6,8-9H,1,3H2. The van der Waals surface area contributed by atoms with Crippen molar-refractivity contribution in [2.75, 3.05) is 0 Å². The Morgan fingerprint density at radius 1 is 1.29 bits per heavy atom. The van der Waals surface area contributed by atoms with Gasteiger partial charge in [0.05, 0.1) is 11.6 Å². The van der Waals surface area contributed by atoms with Crippen molar-refractivity contribution >= 4 is 10.9 Å². The highest BCUT2D eigenvalue weighted by Gasteiger charge is 1.96. The van der Waals surface area contributed by atoms with E-state index in [2.05, 4.69) is 17.1 Å². The number of hydrogen-bond acceptors (Lipinski definition) is 2. The number of pyridine rings is 1. The second-order valence-electron chi connectivity index (χ2n) is 3.19. The first-order chi connectivity index (χ1) is 6.90. The topological polar surface area (TPSA) is 36.7 Å². The van der Waals surface area contributed by atoms with Crippen LogP contribution in [0.1, 0.15) is 12.0 Å². The lowest BCUT2D eigenvalue weighted by Gasteiger charge is -1.99. The van der Waals surface area contributed by atoms with Crippen LogP contribution in [-0.4, -0.2) is 4.98 Å². The van der Waals surface area contributed by atoms with Gasteiger partial charge in [-0.3, -0.25) is 4.98 Å². The fourth-order valence-corrected chi connectivity index (χ4v) is 1.48. The number of nitrogens with zero attached hydrogens (tertiary/aromatic N) is 2. The highest BCUT2D eigenvalue weighted by Crippen LogP contribution is 2.14. The van der Waals surface area contributed by atoms with Gasteiger partial charge in [0, 0.05) is 18.0 Å². The Balaban J connectivity index is 2.37. The van der Waals surface area contributed by atoms with Crippen LogP contribution in [0.25, 0.3) is 10.9 Å². The van der Waals surface area contributed by atoms with E-state index in [0.717, 1.165) is 17.3 Å². The van der Waals surface area contributed by atoms with Gasteiger partial charge in [0.25, 0.3) is 0 Å². The van der Waals surface area contributed by atoms with Crippen LogP contribution in [0.4, 0.5) is 0 Å². The van der Waals surface area contributed by atoms with Crippen molar-refractivity contribution in [2.45, 2.75) is 12.8 Å². The maximum atomic E-state index is 8.48. The summed E-state index contributed by atoms with van der Waals surface area (Å²) in [4.78, 5) is 4.24. The molecule has 0 saturated heterocycles. The van der Waals surface area contributed by atoms with Gasteiger partial charge in [-0.25, -0.2) is 0 Å². The van der Waals surface area contributed by atoms with Gasteiger partial charge in [0.2, 0.25) is 0 Å². The first-order valence-electron chi connectivity index (χ1n) is 4.61. The summed E-state index contributed by atoms with van der Waals surface area (Å²) in [7, 11) is 0. The summed E-state index contributed by atoms with van der Waals surface area (Å²) in [5.74, 6) is 0. The molecule has 0 saturated carbocycles. The van der Waals surface area contributed by atoms with E-state index in [4.69, 9.17) is 5.26 Å². The minimum absolute atomic E-state index is 0.575. The van der Waals surface area contributed by atoms with Crippen LogP contribution in [-0.2, 0) is 6.42 Å². The van der Waals surface area contributed by atoms with Crippen molar-refractivity contribution in [3.05, 3.63) is 42.1 Å². The summed E-state index contributed by atoms with van der Waals surface area (Å²) in [6, 6.07) is 12.2. The third kappa shape index (κ3) is 1.72. The number of rotatable bonds is 2. The fraction of sp³-hybridized carbons (Fsp3) is 0.167. The van der Waals surface area contributed by atoms with Crippen molar-refractivity contribution in [1.29, 1.82) is 5.26 Å². The van der Waals surface area contributed by atoms with E-state index in [9.17, 15) is 0 Å². The summed E-state index contributed by atoms with van der Waals surface area (Å²) in [5.41, 5.74) is 2.21. The fourth-order valence-electron chi connectivity index (χ4n) is 1.48. The number of nitriles is 1. The minimum Gasteiger partial charge on any atom is -0.256 e. The van der Waals surface area contributed by atoms with Crippen LogP contribution in [0.2, 0.25) is 0 Å². The van der Waals surface area contributed by atoms with Crippen LogP contribution >= 0.6 is 0 Å². The molecule has 2 rings (SSSR count). The van der Waals surface area contributed by atoms with Crippen molar-refractivity contribution in [2.24, 2.45) is 0 Å². The Morgan fingerprint density at radius 2 is 2.21 bits per heavy atom. The second-order valence-corrected chi connectivity index (χ2v) is 3.19. The molecule has 2 heteroatoms. The van der Waals surface area contributed by atoms with E-state index in [1.807, 2.05) is 24.3 Å². The number of fused-ring (bicyclic) bond motifs is 1. The lowest BCUT2D eigenvalue weighted by Crippen LogP contribution is -1.84. The quantitative estimate of drug-likeness (QED) is 0.716. The monoisotopic (exact) mass is 182 g/mol. The number of aromatic nitrogens is 1. The summed E-state index contributed by atoms with van der Waals surface area (Å²) in [6.45, 7) is 0. The first-order valence-corrected chi connectivity index (χ1v) is 4.61. The first kappa shape index (κ1) is 8.71. The van der Waals surface area contributed by atoms with E-state index in [1.165, 1.54) is 5.56 Å². The normalized spacial score (nSPS) is 9.93. The zero-order valence-corrected chi connectivity index (χ0v) is 7.77. The van der Waals surface area contributed by atoms with Gasteiger partial charge in [-0.15, -0.1) is 0 Å². The van der Waals surface area contributed by atoms with Gasteiger partial charge in [0.15, 0.2) is 0 Å². The maximum Gasteiger partial charge on any atom is 0.0702 e. The molecule has 0 bridgehead atoms. The molecule has 0 fully saturated rings. The third-order valence-electron chi connectivity index (χ3n) is 2.19. The van der Waals surface area contributed by atoms with Gasteiger partial charge < -0.3 is 0 Å². The Hall–Kier alpha value is -1.88. The average Bonchev–Trinajstić information content (AvgIpc) is 2.26. The van der Waals surface area contributed by atoms with E-state index in [0.29, 0.717) is 6.42 Å². The molecule has 0 unspecified atom stereocenters. The molecule has 0 radical (unpaired) electrons. The molecule has 0 aliphatic rings. The highest BCUT2D eigenvalue weighted by molar-refractivity contribution is 5.78. The van der Waals surface area contributed by atoms with E-state index < -0.39 is 0 Å². The SMILES string of the molecule is N#CCCc1ccc2ncccc2c1. The smallest absolute Gasteiger partial charge is 0.0702 e. The van der Waals surface area contributed by atoms with Crippen molar-refractivity contribution in [3.8, 4) is 6.07 Å². The van der Waals surface area contributed by atoms with Gasteiger partial charge in [-0.1, -0.05) is 12.1 Å². The van der Waals surface area contributed by atoms with Crippen LogP contribution in [0.15, 0.2) is 36.5 Å². The molecule has 1 aromatic carbocycles. The zero-order chi connectivity index (χ0) is 9.80. The van der Waals surface area contributed by atoms with Crippen molar-refractivity contribution in [3.63, 3.8) is 0 Å². The molecule has 1 heterocycles. The highest BCUT2D eigenvalue weighted by atomic mass is 14.6. The Labute approximate surface area is 82.8 Å². The molecule has 0 spiro atoms. The van der Waals surface area contributed by atoms with Gasteiger partial charge in [-0.2, -0.15) is 5.26 Å². The summed E-state index contributed by atoms with van der Waals surface area (Å²) in [6.07, 6.45) is 3.18. The lowest BCUT2D eigenvalue weighted by atomic mass is 10.1. The van der Waals surface area contributed by atoms with E-state index in [-0.39, 0.29) is 0 Å². The van der Waals surface area contributed by atoms with Gasteiger partial charge >= 0.3 is 0 Å². The van der Waals surface area contributed by atoms with Crippen molar-refractivity contribution in [1.82, 2.24) is 4.98 Å². The molecule has 68 valence electrons. The Morgan fingerprint density at radius 3 is 3.07 bits per heavy atom. The summed E-state index contributed by atoms with van der Waals surface area (Å²) in [5, 5.41) is 9.62. The maximum absolute atomic E-state index is 8.48. The van der Waals surface area contributed by atoms with Gasteiger partial charge in [-0.05, 0) is 30.2 Å². The summed E-state index contributed by atoms with van der Waals surface area (Å²) >= 11 is 0. The van der Waals surface area contributed by atoms with Crippen LogP contribution in [0.3, 0.4) is 0 Å². The van der Waals surface area contributed by atoms with Crippen molar-refractivity contribution < 1.29 is 0 Å². The largest absolute Gasteiger partial charge is 0.256 e. The molecule has 0 N–H and O–H groups in total. The summed E-state index contributed by atoms with van der Waals surface area (Å²) < 4.78 is 0. The number of hydrogen-bond donors (Lipinski definition) is 0. The average molecular weight is 182 g/mol. The zero-order valence-electron chi connectivity index (χ0n) is 7.77. The van der Waals surface area contributed by atoms with Gasteiger partial charge in [0.1, 0.15) is 0 Å². The second kappa shape index (κ2) is 3.89. The predicted octanol–water partition coefficient (Wildman–Crippen LogP) is 2.69. The Bertz CT molecular complexity index is 483. The molecular formula is C12H10N2. The predicted molar refractivity (Wildman–Crippen MR) is 55.7 cm³/mol. The van der Waals surface area contributed by atoms with E-state index in [1.54, 1.807) is 6.20 Å². The molecule has 0 aliphatic carbocycles. The van der Waals surface area contributed by atoms with Crippen LogP contribution in [0.5, 0.6) is 0 Å². The molecule has 0 atom stereocenters. The molecule has 0 aliphatic heterocycles. The molecule has 2 nitrogen and oxygen atoms in total. The van der Waals surface area contributed by atoms with E-state index >= 15 is 0 Å². The number of aryl methyl sites for hydroxylation is 1. The molecule has 0 amide bonds. The molecule has 1 aromatic heterocycles. The minimum atomic E-state index is 0.575. The number of benzene rings is 1. The molecular weight excluding hydrogens is 172 g/mol. The third-order valence-corrected chi connectivity index (χ3v) is 2.19. The molecule has 2 aromatic rings. The molecule has 14 heavy (non-hydrogen) atoms. The lowest BCUT2D eigenvalue weighted by molar-refractivity contribution is 1.01. The van der Waals surface area contributed by atoms with Crippen LogP contribution in [0, 0.1) is 11.3 Å². The van der Waals surface area contributed by atoms with Crippen LogP contribution < -0.4 is 0 Å². The Kier molecular flexibility index (Phi) is 2.42.